The van der Waals surface area contributed by atoms with Crippen molar-refractivity contribution >= 4 is 12.2 Å². The van der Waals surface area contributed by atoms with Gasteiger partial charge in [0, 0.05) is 5.92 Å². The van der Waals surface area contributed by atoms with Crippen molar-refractivity contribution in [2.24, 2.45) is 0 Å². The average molecular weight is 262 g/mol. The summed E-state index contributed by atoms with van der Waals surface area (Å²) < 4.78 is 0. The molecule has 0 saturated carbocycles. The third-order valence-electron chi connectivity index (χ3n) is 3.67. The molecule has 2 aromatic carbocycles. The van der Waals surface area contributed by atoms with Gasteiger partial charge in [0.15, 0.2) is 0 Å². The van der Waals surface area contributed by atoms with Crippen LogP contribution in [0, 0.1) is 0 Å². The predicted molar refractivity (Wildman–Crippen MR) is 89.8 cm³/mol. The van der Waals surface area contributed by atoms with Crippen LogP contribution in [0.3, 0.4) is 0 Å². The molecule has 0 aliphatic rings. The topological polar surface area (TPSA) is 0 Å². The molecule has 0 heterocycles. The third-order valence-corrected chi connectivity index (χ3v) is 3.67. The van der Waals surface area contributed by atoms with Crippen molar-refractivity contribution in [3.05, 3.63) is 83.9 Å². The lowest BCUT2D eigenvalue weighted by Gasteiger charge is -2.18. The van der Waals surface area contributed by atoms with Crippen molar-refractivity contribution in [2.45, 2.75) is 25.7 Å². The van der Waals surface area contributed by atoms with Gasteiger partial charge in [-0.1, -0.05) is 87.2 Å². The zero-order chi connectivity index (χ0) is 14.4. The largest absolute Gasteiger partial charge is 0.0985 e. The van der Waals surface area contributed by atoms with Gasteiger partial charge in [0.25, 0.3) is 0 Å². The Labute approximate surface area is 122 Å². The van der Waals surface area contributed by atoms with Crippen LogP contribution in [0.1, 0.15) is 47.9 Å². The summed E-state index contributed by atoms with van der Waals surface area (Å²) in [4.78, 5) is 0. The zero-order valence-corrected chi connectivity index (χ0v) is 12.2. The first kappa shape index (κ1) is 14.3. The van der Waals surface area contributed by atoms with Crippen LogP contribution in [0.25, 0.3) is 12.2 Å². The molecule has 20 heavy (non-hydrogen) atoms. The Kier molecular flexibility index (Phi) is 4.95. The molecule has 0 N–H and O–H groups in total. The minimum absolute atomic E-state index is 0.444. The molecule has 0 saturated heterocycles. The molecule has 0 heteroatoms. The number of benzene rings is 2. The van der Waals surface area contributed by atoms with Crippen molar-refractivity contribution < 1.29 is 0 Å². The zero-order valence-electron chi connectivity index (χ0n) is 12.2. The fourth-order valence-corrected chi connectivity index (χ4v) is 2.62. The smallest absolute Gasteiger partial charge is 0.00896 e. The Morgan fingerprint density at radius 2 is 1.40 bits per heavy atom. The summed E-state index contributed by atoms with van der Waals surface area (Å²) in [5.41, 5.74) is 5.10. The molecule has 0 bridgehead atoms. The highest BCUT2D eigenvalue weighted by Crippen LogP contribution is 2.30. The lowest BCUT2D eigenvalue weighted by Crippen LogP contribution is -2.01. The Balaban J connectivity index is 2.43. The molecule has 0 aliphatic heterocycles. The molecular weight excluding hydrogens is 240 g/mol. The van der Waals surface area contributed by atoms with Crippen molar-refractivity contribution in [1.29, 1.82) is 0 Å². The fourth-order valence-electron chi connectivity index (χ4n) is 2.62. The maximum Gasteiger partial charge on any atom is 0.00896 e. The molecule has 0 fully saturated rings. The van der Waals surface area contributed by atoms with E-state index in [1.165, 1.54) is 28.7 Å². The number of hydrogen-bond donors (Lipinski definition) is 0. The Morgan fingerprint density at radius 3 is 1.80 bits per heavy atom. The summed E-state index contributed by atoms with van der Waals surface area (Å²) in [6, 6.07) is 17.3. The van der Waals surface area contributed by atoms with E-state index in [-0.39, 0.29) is 0 Å². The van der Waals surface area contributed by atoms with E-state index in [9.17, 15) is 0 Å². The van der Waals surface area contributed by atoms with Gasteiger partial charge in [-0.05, 0) is 28.7 Å². The second kappa shape index (κ2) is 6.91. The minimum atomic E-state index is 0.444. The highest BCUT2D eigenvalue weighted by molar-refractivity contribution is 5.52. The molecule has 0 aromatic heterocycles. The van der Waals surface area contributed by atoms with Crippen LogP contribution >= 0.6 is 0 Å². The van der Waals surface area contributed by atoms with Crippen molar-refractivity contribution in [3.63, 3.8) is 0 Å². The van der Waals surface area contributed by atoms with Gasteiger partial charge >= 0.3 is 0 Å². The van der Waals surface area contributed by atoms with Crippen LogP contribution in [0.5, 0.6) is 0 Å². The SMILES string of the molecule is C=Cc1cccc(C(CCC)c2cccc(C=C)c2)c1. The van der Waals surface area contributed by atoms with Gasteiger partial charge in [-0.25, -0.2) is 0 Å². The molecule has 0 spiro atoms. The molecular formula is C20H22. The van der Waals surface area contributed by atoms with Gasteiger partial charge in [-0.3, -0.25) is 0 Å². The van der Waals surface area contributed by atoms with E-state index in [4.69, 9.17) is 0 Å². The number of hydrogen-bond acceptors (Lipinski definition) is 0. The quantitative estimate of drug-likeness (QED) is 0.607. The van der Waals surface area contributed by atoms with Gasteiger partial charge in [0.05, 0.1) is 0 Å². The maximum atomic E-state index is 3.86. The highest BCUT2D eigenvalue weighted by Gasteiger charge is 2.13. The Morgan fingerprint density at radius 1 is 0.900 bits per heavy atom. The third kappa shape index (κ3) is 3.27. The van der Waals surface area contributed by atoms with Crippen LogP contribution in [0.4, 0.5) is 0 Å². The van der Waals surface area contributed by atoms with Gasteiger partial charge in [-0.2, -0.15) is 0 Å². The van der Waals surface area contributed by atoms with Crippen LogP contribution < -0.4 is 0 Å². The molecule has 0 aliphatic carbocycles. The second-order valence-electron chi connectivity index (χ2n) is 5.09. The molecule has 0 radical (unpaired) electrons. The monoisotopic (exact) mass is 262 g/mol. The first-order valence-corrected chi connectivity index (χ1v) is 7.23. The van der Waals surface area contributed by atoms with Gasteiger partial charge in [-0.15, -0.1) is 0 Å². The van der Waals surface area contributed by atoms with E-state index < -0.39 is 0 Å². The van der Waals surface area contributed by atoms with Crippen LogP contribution in [-0.4, -0.2) is 0 Å². The fraction of sp³-hybridized carbons (Fsp3) is 0.200. The maximum absolute atomic E-state index is 3.86. The lowest BCUT2D eigenvalue weighted by atomic mass is 9.86. The molecule has 2 rings (SSSR count). The minimum Gasteiger partial charge on any atom is -0.0985 e. The van der Waals surface area contributed by atoms with E-state index >= 15 is 0 Å². The first-order valence-electron chi connectivity index (χ1n) is 7.23. The van der Waals surface area contributed by atoms with E-state index in [0.29, 0.717) is 5.92 Å². The second-order valence-corrected chi connectivity index (χ2v) is 5.09. The van der Waals surface area contributed by atoms with E-state index in [0.717, 1.165) is 6.42 Å². The summed E-state index contributed by atoms with van der Waals surface area (Å²) in [6.45, 7) is 9.97. The van der Waals surface area contributed by atoms with Crippen LogP contribution in [-0.2, 0) is 0 Å². The molecule has 0 nitrogen and oxygen atoms in total. The molecule has 0 amide bonds. The average Bonchev–Trinajstić information content (AvgIpc) is 2.52. The van der Waals surface area contributed by atoms with E-state index in [1.807, 2.05) is 12.2 Å². The summed E-state index contributed by atoms with van der Waals surface area (Å²) in [5, 5.41) is 0. The summed E-state index contributed by atoms with van der Waals surface area (Å²) >= 11 is 0. The van der Waals surface area contributed by atoms with Gasteiger partial charge in [0.2, 0.25) is 0 Å². The Bertz CT molecular complexity index is 541. The summed E-state index contributed by atoms with van der Waals surface area (Å²) in [5.74, 6) is 0.444. The van der Waals surface area contributed by atoms with Crippen LogP contribution in [0.2, 0.25) is 0 Å². The standard InChI is InChI=1S/C20H22/c1-4-9-20(18-12-7-10-16(5-2)14-18)19-13-8-11-17(6-3)15-19/h5-8,10-15,20H,2-4,9H2,1H3. The molecule has 0 unspecified atom stereocenters. The van der Waals surface area contributed by atoms with Crippen molar-refractivity contribution in [1.82, 2.24) is 0 Å². The molecule has 0 atom stereocenters. The number of rotatable bonds is 6. The van der Waals surface area contributed by atoms with Crippen LogP contribution in [0.15, 0.2) is 61.7 Å². The molecule has 102 valence electrons. The van der Waals surface area contributed by atoms with E-state index in [1.54, 1.807) is 0 Å². The van der Waals surface area contributed by atoms with Gasteiger partial charge < -0.3 is 0 Å². The predicted octanol–water partition coefficient (Wildman–Crippen LogP) is 5.90. The lowest BCUT2D eigenvalue weighted by molar-refractivity contribution is 0.698. The molecule has 2 aromatic rings. The highest BCUT2D eigenvalue weighted by atomic mass is 14.2. The normalized spacial score (nSPS) is 10.5. The van der Waals surface area contributed by atoms with Crippen molar-refractivity contribution in [3.8, 4) is 0 Å². The van der Waals surface area contributed by atoms with E-state index in [2.05, 4.69) is 68.6 Å². The first-order chi connectivity index (χ1) is 9.78. The van der Waals surface area contributed by atoms with Crippen molar-refractivity contribution in [2.75, 3.05) is 0 Å². The Hall–Kier alpha value is -2.08. The van der Waals surface area contributed by atoms with Gasteiger partial charge in [0.1, 0.15) is 0 Å². The summed E-state index contributed by atoms with van der Waals surface area (Å²) in [6.07, 6.45) is 6.14. The summed E-state index contributed by atoms with van der Waals surface area (Å²) in [7, 11) is 0.